The van der Waals surface area contributed by atoms with Crippen molar-refractivity contribution in [3.8, 4) is 5.69 Å². The van der Waals surface area contributed by atoms with Gasteiger partial charge in [-0.2, -0.15) is 15.2 Å². The fourth-order valence-electron chi connectivity index (χ4n) is 3.63. The maximum atomic E-state index is 13.1. The molecular weight excluding hydrogens is 508 g/mol. The lowest BCUT2D eigenvalue weighted by atomic mass is 10.1. The molecule has 0 bridgehead atoms. The molecule has 0 N–H and O–H groups in total. The number of carbonyl (C=O) groups excluding carboxylic acids is 1. The topological polar surface area (TPSA) is 137 Å². The first-order valence-electron chi connectivity index (χ1n) is 9.95. The van der Waals surface area contributed by atoms with Gasteiger partial charge >= 0.3 is 5.69 Å². The number of rotatable bonds is 5. The molecule has 0 saturated carbocycles. The Morgan fingerprint density at radius 1 is 1.00 bits per heavy atom. The number of nitrogens with zero attached hydrogens (tertiary/aromatic N) is 6. The molecule has 3 aromatic rings. The van der Waals surface area contributed by atoms with Gasteiger partial charge in [0.25, 0.3) is 11.6 Å². The molecule has 34 heavy (non-hydrogen) atoms. The maximum Gasteiger partial charge on any atom is 0.301 e. The zero-order valence-electron chi connectivity index (χ0n) is 18.2. The fraction of sp³-hybridized carbons (Fsp3) is 0.136. The first-order chi connectivity index (χ1) is 16.1. The van der Waals surface area contributed by atoms with Crippen molar-refractivity contribution in [1.29, 1.82) is 0 Å². The molecule has 0 aliphatic carbocycles. The summed E-state index contributed by atoms with van der Waals surface area (Å²) in [7, 11) is 0. The summed E-state index contributed by atoms with van der Waals surface area (Å²) in [5, 5.41) is 32.7. The minimum absolute atomic E-state index is 0.0838. The normalized spacial score (nSPS) is 14.6. The van der Waals surface area contributed by atoms with Gasteiger partial charge in [0.05, 0.1) is 38.6 Å². The Bertz CT molecular complexity index is 1420. The molecule has 4 rings (SSSR count). The minimum Gasteiger partial charge on any atom is -0.267 e. The highest BCUT2D eigenvalue weighted by Crippen LogP contribution is 2.32. The molecule has 1 aromatic heterocycles. The van der Waals surface area contributed by atoms with E-state index in [-0.39, 0.29) is 11.6 Å². The molecule has 1 aliphatic rings. The van der Waals surface area contributed by atoms with E-state index in [0.29, 0.717) is 33.9 Å². The lowest BCUT2D eigenvalue weighted by Crippen LogP contribution is -2.21. The summed E-state index contributed by atoms with van der Waals surface area (Å²) >= 11 is 3.36. The average molecular weight is 525 g/mol. The van der Waals surface area contributed by atoms with E-state index < -0.39 is 21.2 Å². The standard InChI is InChI=1S/C22H17BrN6O5/c1-12-18(11-19-13(2)25-27(22(19)30)16-6-4-15(23)5-7-16)14(3)26(24-12)20-9-8-17(28(31)32)10-21(20)29(33)34/h4-11H,1-3H3/b19-11+. The van der Waals surface area contributed by atoms with Crippen molar-refractivity contribution < 1.29 is 14.6 Å². The maximum absolute atomic E-state index is 13.1. The van der Waals surface area contributed by atoms with Crippen LogP contribution in [0.4, 0.5) is 17.1 Å². The predicted octanol–water partition coefficient (Wildman–Crippen LogP) is 4.87. The number of nitro benzene ring substituents is 2. The molecule has 1 amide bonds. The van der Waals surface area contributed by atoms with Gasteiger partial charge < -0.3 is 0 Å². The van der Waals surface area contributed by atoms with Gasteiger partial charge in [-0.1, -0.05) is 15.9 Å². The molecule has 0 unspecified atom stereocenters. The number of aromatic nitrogens is 2. The second-order valence-corrected chi connectivity index (χ2v) is 8.44. The summed E-state index contributed by atoms with van der Waals surface area (Å²) < 4.78 is 2.22. The monoisotopic (exact) mass is 524 g/mol. The Balaban J connectivity index is 1.76. The molecule has 2 heterocycles. The molecule has 172 valence electrons. The van der Waals surface area contributed by atoms with Crippen LogP contribution in [0.1, 0.15) is 23.9 Å². The van der Waals surface area contributed by atoms with Crippen molar-refractivity contribution in [2.45, 2.75) is 20.8 Å². The number of hydrogen-bond donors (Lipinski definition) is 0. The second-order valence-electron chi connectivity index (χ2n) is 7.52. The number of hydrazone groups is 1. The molecule has 12 heteroatoms. The molecule has 0 fully saturated rings. The summed E-state index contributed by atoms with van der Waals surface area (Å²) in [6.45, 7) is 5.14. The number of amides is 1. The molecule has 0 saturated heterocycles. The van der Waals surface area contributed by atoms with Crippen LogP contribution in [0.5, 0.6) is 0 Å². The fourth-order valence-corrected chi connectivity index (χ4v) is 3.90. The van der Waals surface area contributed by atoms with Gasteiger partial charge in [-0.3, -0.25) is 25.0 Å². The van der Waals surface area contributed by atoms with Gasteiger partial charge in [-0.05, 0) is 57.2 Å². The zero-order chi connectivity index (χ0) is 24.7. The highest BCUT2D eigenvalue weighted by Gasteiger charge is 2.30. The molecule has 0 spiro atoms. The third-order valence-electron chi connectivity index (χ3n) is 5.36. The predicted molar refractivity (Wildman–Crippen MR) is 129 cm³/mol. The van der Waals surface area contributed by atoms with E-state index in [1.54, 1.807) is 39.0 Å². The van der Waals surface area contributed by atoms with Crippen LogP contribution in [-0.4, -0.2) is 31.2 Å². The van der Waals surface area contributed by atoms with Crippen LogP contribution < -0.4 is 5.01 Å². The van der Waals surface area contributed by atoms with Crippen LogP contribution >= 0.6 is 15.9 Å². The summed E-state index contributed by atoms with van der Waals surface area (Å²) in [5.41, 5.74) is 2.40. The van der Waals surface area contributed by atoms with Gasteiger partial charge in [0.2, 0.25) is 0 Å². The van der Waals surface area contributed by atoms with Crippen molar-refractivity contribution in [3.63, 3.8) is 0 Å². The number of halogens is 1. The molecular formula is C22H17BrN6O5. The lowest BCUT2D eigenvalue weighted by molar-refractivity contribution is -0.394. The number of aryl methyl sites for hydroxylation is 1. The first-order valence-corrected chi connectivity index (χ1v) is 10.7. The van der Waals surface area contributed by atoms with Crippen molar-refractivity contribution in [1.82, 2.24) is 9.78 Å². The van der Waals surface area contributed by atoms with Crippen molar-refractivity contribution in [2.24, 2.45) is 5.10 Å². The highest BCUT2D eigenvalue weighted by molar-refractivity contribution is 9.10. The van der Waals surface area contributed by atoms with Crippen LogP contribution in [-0.2, 0) is 4.79 Å². The van der Waals surface area contributed by atoms with Crippen LogP contribution in [0.15, 0.2) is 57.6 Å². The van der Waals surface area contributed by atoms with Crippen LogP contribution in [0.2, 0.25) is 0 Å². The van der Waals surface area contributed by atoms with Crippen LogP contribution in [0.3, 0.4) is 0 Å². The van der Waals surface area contributed by atoms with E-state index in [0.717, 1.165) is 10.5 Å². The number of hydrogen-bond acceptors (Lipinski definition) is 7. The van der Waals surface area contributed by atoms with E-state index in [9.17, 15) is 25.0 Å². The Morgan fingerprint density at radius 3 is 2.29 bits per heavy atom. The number of non-ortho nitro benzene ring substituents is 1. The van der Waals surface area contributed by atoms with E-state index >= 15 is 0 Å². The van der Waals surface area contributed by atoms with Crippen molar-refractivity contribution >= 4 is 50.7 Å². The Hall–Kier alpha value is -4.19. The molecule has 0 radical (unpaired) electrons. The van der Waals surface area contributed by atoms with Gasteiger partial charge in [0, 0.05) is 21.8 Å². The quantitative estimate of drug-likeness (QED) is 0.265. The number of benzene rings is 2. The molecule has 2 aromatic carbocycles. The highest BCUT2D eigenvalue weighted by atomic mass is 79.9. The largest absolute Gasteiger partial charge is 0.301 e. The zero-order valence-corrected chi connectivity index (χ0v) is 19.8. The second kappa shape index (κ2) is 8.63. The summed E-state index contributed by atoms with van der Waals surface area (Å²) in [6, 6.07) is 10.5. The molecule has 1 aliphatic heterocycles. The summed E-state index contributed by atoms with van der Waals surface area (Å²) in [4.78, 5) is 34.4. The van der Waals surface area contributed by atoms with Gasteiger partial charge in [0.15, 0.2) is 0 Å². The SMILES string of the molecule is CC1=NN(c2ccc(Br)cc2)C(=O)/C1=C/c1c(C)nn(-c2ccc([N+](=O)[O-])cc2[N+](=O)[O-])c1C. The Kier molecular flexibility index (Phi) is 5.83. The van der Waals surface area contributed by atoms with Crippen LogP contribution in [0, 0.1) is 34.1 Å². The van der Waals surface area contributed by atoms with E-state index in [2.05, 4.69) is 26.1 Å². The lowest BCUT2D eigenvalue weighted by Gasteiger charge is -2.11. The minimum atomic E-state index is -0.696. The number of carbonyl (C=O) groups is 1. The third kappa shape index (κ3) is 3.99. The number of anilines is 1. The summed E-state index contributed by atoms with van der Waals surface area (Å²) in [6.07, 6.45) is 1.66. The van der Waals surface area contributed by atoms with Gasteiger partial charge in [-0.25, -0.2) is 4.68 Å². The van der Waals surface area contributed by atoms with E-state index in [1.807, 2.05) is 12.1 Å². The average Bonchev–Trinajstić information content (AvgIpc) is 3.24. The molecule has 11 nitrogen and oxygen atoms in total. The first kappa shape index (κ1) is 23.0. The summed E-state index contributed by atoms with van der Waals surface area (Å²) in [5.74, 6) is -0.312. The third-order valence-corrected chi connectivity index (χ3v) is 5.89. The van der Waals surface area contributed by atoms with Gasteiger partial charge in [-0.15, -0.1) is 0 Å². The van der Waals surface area contributed by atoms with E-state index in [1.165, 1.54) is 21.8 Å². The molecule has 0 atom stereocenters. The Labute approximate surface area is 201 Å². The van der Waals surface area contributed by atoms with Crippen molar-refractivity contribution in [2.75, 3.05) is 5.01 Å². The van der Waals surface area contributed by atoms with Crippen LogP contribution in [0.25, 0.3) is 11.8 Å². The Morgan fingerprint density at radius 2 is 1.68 bits per heavy atom. The van der Waals surface area contributed by atoms with Crippen molar-refractivity contribution in [3.05, 3.63) is 89.7 Å². The smallest absolute Gasteiger partial charge is 0.267 e. The van der Waals surface area contributed by atoms with E-state index in [4.69, 9.17) is 0 Å². The van der Waals surface area contributed by atoms with Gasteiger partial charge in [0.1, 0.15) is 5.69 Å². The number of nitro groups is 2.